The molecule has 2 rings (SSSR count). The third kappa shape index (κ3) is 3.98. The molecule has 0 atom stereocenters. The van der Waals surface area contributed by atoms with Crippen LogP contribution in [-0.2, 0) is 6.42 Å². The third-order valence-corrected chi connectivity index (χ3v) is 4.66. The number of rotatable bonds is 7. The molecule has 0 aliphatic rings. The highest BCUT2D eigenvalue weighted by molar-refractivity contribution is 7.14. The van der Waals surface area contributed by atoms with Crippen LogP contribution < -0.4 is 24.7 Å². The molecule has 0 saturated carbocycles. The molecule has 0 aliphatic carbocycles. The Morgan fingerprint density at radius 3 is 2.36 bits per heavy atom. The molecule has 2 aromatic rings. The topological polar surface area (TPSA) is 86.7 Å². The SMILES string of the molecule is COc1ccc(/C=C(/C#N)Cc2sc(OC)c(OC)c2OC)cc1N. The molecule has 0 fully saturated rings. The van der Waals surface area contributed by atoms with Crippen molar-refractivity contribution < 1.29 is 18.9 Å². The van der Waals surface area contributed by atoms with Crippen LogP contribution in [0.3, 0.4) is 0 Å². The fourth-order valence-electron chi connectivity index (χ4n) is 2.40. The molecule has 0 amide bonds. The second-order valence-electron chi connectivity index (χ2n) is 5.04. The smallest absolute Gasteiger partial charge is 0.221 e. The van der Waals surface area contributed by atoms with E-state index in [-0.39, 0.29) is 0 Å². The molecule has 0 radical (unpaired) electrons. The maximum absolute atomic E-state index is 9.50. The summed E-state index contributed by atoms with van der Waals surface area (Å²) in [4.78, 5) is 0.852. The molecule has 0 spiro atoms. The zero-order valence-electron chi connectivity index (χ0n) is 14.6. The van der Waals surface area contributed by atoms with Crippen LogP contribution in [0.2, 0.25) is 0 Å². The molecule has 0 aliphatic heterocycles. The van der Waals surface area contributed by atoms with E-state index < -0.39 is 0 Å². The summed E-state index contributed by atoms with van der Waals surface area (Å²) < 4.78 is 21.2. The Morgan fingerprint density at radius 1 is 1.12 bits per heavy atom. The van der Waals surface area contributed by atoms with Gasteiger partial charge in [0.15, 0.2) is 5.75 Å². The van der Waals surface area contributed by atoms with Crippen molar-refractivity contribution in [3.05, 3.63) is 34.2 Å². The van der Waals surface area contributed by atoms with Crippen LogP contribution in [0.15, 0.2) is 23.8 Å². The van der Waals surface area contributed by atoms with Crippen molar-refractivity contribution in [2.45, 2.75) is 6.42 Å². The van der Waals surface area contributed by atoms with E-state index in [1.54, 1.807) is 46.6 Å². The van der Waals surface area contributed by atoms with Crippen molar-refractivity contribution in [2.24, 2.45) is 0 Å². The highest BCUT2D eigenvalue weighted by Crippen LogP contribution is 2.48. The van der Waals surface area contributed by atoms with Gasteiger partial charge in [0.05, 0.1) is 45.1 Å². The molecule has 2 N–H and O–H groups in total. The Balaban J connectivity index is 2.35. The van der Waals surface area contributed by atoms with E-state index in [9.17, 15) is 5.26 Å². The molecule has 7 heteroatoms. The van der Waals surface area contributed by atoms with E-state index in [1.807, 2.05) is 6.07 Å². The molecule has 25 heavy (non-hydrogen) atoms. The van der Waals surface area contributed by atoms with Gasteiger partial charge >= 0.3 is 0 Å². The molecule has 0 unspecified atom stereocenters. The van der Waals surface area contributed by atoms with E-state index in [4.69, 9.17) is 24.7 Å². The quantitative estimate of drug-likeness (QED) is 0.600. The van der Waals surface area contributed by atoms with Crippen LogP contribution >= 0.6 is 11.3 Å². The van der Waals surface area contributed by atoms with Crippen molar-refractivity contribution in [3.63, 3.8) is 0 Å². The third-order valence-electron chi connectivity index (χ3n) is 3.54. The predicted octanol–water partition coefficient (Wildman–Crippen LogP) is 3.51. The number of nitriles is 1. The lowest BCUT2D eigenvalue weighted by Crippen LogP contribution is -1.94. The molecule has 132 valence electrons. The Bertz CT molecular complexity index is 821. The fourth-order valence-corrected chi connectivity index (χ4v) is 3.47. The monoisotopic (exact) mass is 360 g/mol. The summed E-state index contributed by atoms with van der Waals surface area (Å²) in [6.07, 6.45) is 2.18. The highest BCUT2D eigenvalue weighted by Gasteiger charge is 2.21. The maximum Gasteiger partial charge on any atom is 0.221 e. The van der Waals surface area contributed by atoms with E-state index in [2.05, 4.69) is 6.07 Å². The number of thiophene rings is 1. The lowest BCUT2D eigenvalue weighted by atomic mass is 10.1. The Hall–Kier alpha value is -2.85. The number of nitrogens with zero attached hydrogens (tertiary/aromatic N) is 1. The zero-order valence-corrected chi connectivity index (χ0v) is 15.4. The second-order valence-corrected chi connectivity index (χ2v) is 6.11. The number of hydrogen-bond donors (Lipinski definition) is 1. The summed E-state index contributed by atoms with van der Waals surface area (Å²) in [7, 11) is 6.25. The number of nitrogens with two attached hydrogens (primary N) is 1. The second kappa shape index (κ2) is 8.31. The number of nitrogen functional groups attached to an aromatic ring is 1. The highest BCUT2D eigenvalue weighted by atomic mass is 32.1. The van der Waals surface area contributed by atoms with Crippen LogP contribution in [0.4, 0.5) is 5.69 Å². The van der Waals surface area contributed by atoms with Gasteiger partial charge in [0.25, 0.3) is 0 Å². The molecular weight excluding hydrogens is 340 g/mol. The van der Waals surface area contributed by atoms with Gasteiger partial charge in [-0.3, -0.25) is 0 Å². The summed E-state index contributed by atoms with van der Waals surface area (Å²) in [5.41, 5.74) is 7.83. The van der Waals surface area contributed by atoms with Gasteiger partial charge in [-0.05, 0) is 23.8 Å². The van der Waals surface area contributed by atoms with Crippen LogP contribution in [-0.4, -0.2) is 28.4 Å². The minimum Gasteiger partial charge on any atom is -0.495 e. The van der Waals surface area contributed by atoms with Crippen LogP contribution in [0.5, 0.6) is 22.3 Å². The summed E-state index contributed by atoms with van der Waals surface area (Å²) in [6, 6.07) is 7.61. The molecule has 1 aromatic heterocycles. The van der Waals surface area contributed by atoms with Crippen molar-refractivity contribution in [2.75, 3.05) is 34.2 Å². The van der Waals surface area contributed by atoms with Crippen molar-refractivity contribution >= 4 is 23.1 Å². The zero-order chi connectivity index (χ0) is 18.4. The number of allylic oxidation sites excluding steroid dienone is 1. The first kappa shape index (κ1) is 18.5. The first-order chi connectivity index (χ1) is 12.1. The lowest BCUT2D eigenvalue weighted by molar-refractivity contribution is 0.332. The number of ether oxygens (including phenoxy) is 4. The molecule has 0 bridgehead atoms. The molecule has 1 aromatic carbocycles. The van der Waals surface area contributed by atoms with Gasteiger partial charge in [0.1, 0.15) is 5.75 Å². The molecule has 0 saturated heterocycles. The summed E-state index contributed by atoms with van der Waals surface area (Å²) in [6.45, 7) is 0. The first-order valence-corrected chi connectivity index (χ1v) is 8.21. The average molecular weight is 360 g/mol. The summed E-state index contributed by atoms with van der Waals surface area (Å²) in [5, 5.41) is 10.1. The predicted molar refractivity (Wildman–Crippen MR) is 98.7 cm³/mol. The number of methoxy groups -OCH3 is 4. The standard InChI is InChI=1S/C18H20N2O4S/c1-21-14-6-5-11(8-13(14)20)7-12(10-19)9-15-16(22-2)17(23-3)18(24-4)25-15/h5-8H,9,20H2,1-4H3/b12-7+. The van der Waals surface area contributed by atoms with E-state index in [1.165, 1.54) is 11.3 Å². The van der Waals surface area contributed by atoms with Gasteiger partial charge in [-0.2, -0.15) is 5.26 Å². The normalized spacial score (nSPS) is 10.9. The van der Waals surface area contributed by atoms with E-state index >= 15 is 0 Å². The van der Waals surface area contributed by atoms with Gasteiger partial charge in [-0.1, -0.05) is 17.4 Å². The van der Waals surface area contributed by atoms with Gasteiger partial charge in [0.2, 0.25) is 10.8 Å². The van der Waals surface area contributed by atoms with Gasteiger partial charge in [0, 0.05) is 12.0 Å². The van der Waals surface area contributed by atoms with Crippen molar-refractivity contribution in [1.82, 2.24) is 0 Å². The van der Waals surface area contributed by atoms with Crippen molar-refractivity contribution in [3.8, 4) is 28.4 Å². The lowest BCUT2D eigenvalue weighted by Gasteiger charge is -2.06. The number of benzene rings is 1. The van der Waals surface area contributed by atoms with Crippen LogP contribution in [0, 0.1) is 11.3 Å². The number of anilines is 1. The summed E-state index contributed by atoms with van der Waals surface area (Å²) >= 11 is 1.39. The minimum absolute atomic E-state index is 0.399. The minimum atomic E-state index is 0.399. The fraction of sp³-hybridized carbons (Fsp3) is 0.278. The average Bonchev–Trinajstić information content (AvgIpc) is 2.97. The maximum atomic E-state index is 9.50. The van der Waals surface area contributed by atoms with Crippen molar-refractivity contribution in [1.29, 1.82) is 5.26 Å². The van der Waals surface area contributed by atoms with Gasteiger partial charge < -0.3 is 24.7 Å². The van der Waals surface area contributed by atoms with Gasteiger partial charge in [-0.15, -0.1) is 0 Å². The Kier molecular flexibility index (Phi) is 6.14. The van der Waals surface area contributed by atoms with E-state index in [0.717, 1.165) is 10.4 Å². The van der Waals surface area contributed by atoms with Gasteiger partial charge in [-0.25, -0.2) is 0 Å². The number of hydrogen-bond acceptors (Lipinski definition) is 7. The molecular formula is C18H20N2O4S. The first-order valence-electron chi connectivity index (χ1n) is 7.39. The molecule has 1 heterocycles. The van der Waals surface area contributed by atoms with Crippen LogP contribution in [0.1, 0.15) is 10.4 Å². The largest absolute Gasteiger partial charge is 0.495 e. The van der Waals surface area contributed by atoms with E-state index in [0.29, 0.717) is 40.0 Å². The molecule has 6 nitrogen and oxygen atoms in total. The Morgan fingerprint density at radius 2 is 1.84 bits per heavy atom. The van der Waals surface area contributed by atoms with Crippen LogP contribution in [0.25, 0.3) is 6.08 Å². The summed E-state index contributed by atoms with van der Waals surface area (Å²) in [5.74, 6) is 1.72. The Labute approximate surface area is 151 Å².